The van der Waals surface area contributed by atoms with Crippen molar-refractivity contribution in [3.8, 4) is 0 Å². The minimum absolute atomic E-state index is 0.147. The van der Waals surface area contributed by atoms with Crippen molar-refractivity contribution in [1.29, 1.82) is 0 Å². The van der Waals surface area contributed by atoms with Crippen LogP contribution in [0, 0.1) is 0 Å². The van der Waals surface area contributed by atoms with Crippen molar-refractivity contribution < 1.29 is 9.13 Å². The molecular weight excluding hydrogens is 213 g/mol. The molecular formula is C9H14FN5O. The normalized spacial score (nSPS) is 25.8. The molecule has 0 aromatic carbocycles. The van der Waals surface area contributed by atoms with Gasteiger partial charge in [-0.05, 0) is 6.42 Å². The Kier molecular flexibility index (Phi) is 3.14. The van der Waals surface area contributed by atoms with Crippen molar-refractivity contribution in [1.82, 2.24) is 15.0 Å². The van der Waals surface area contributed by atoms with Crippen molar-refractivity contribution in [3.05, 3.63) is 6.33 Å². The van der Waals surface area contributed by atoms with Gasteiger partial charge >= 0.3 is 0 Å². The summed E-state index contributed by atoms with van der Waals surface area (Å²) in [4.78, 5) is 13.4. The maximum absolute atomic E-state index is 13.6. The van der Waals surface area contributed by atoms with Gasteiger partial charge in [-0.2, -0.15) is 4.98 Å². The number of nitrogen functional groups attached to an aromatic ring is 1. The van der Waals surface area contributed by atoms with Gasteiger partial charge in [-0.1, -0.05) is 0 Å². The summed E-state index contributed by atoms with van der Waals surface area (Å²) < 4.78 is 18.6. The van der Waals surface area contributed by atoms with E-state index in [0.29, 0.717) is 18.9 Å². The average Bonchev–Trinajstić information content (AvgIpc) is 2.29. The lowest BCUT2D eigenvalue weighted by Gasteiger charge is -2.33. The van der Waals surface area contributed by atoms with Crippen LogP contribution in [0.25, 0.3) is 0 Å². The van der Waals surface area contributed by atoms with Crippen LogP contribution in [0.2, 0.25) is 0 Å². The number of nitrogens with two attached hydrogens (primary N) is 1. The second-order valence-electron chi connectivity index (χ2n) is 3.67. The molecule has 0 radical (unpaired) electrons. The molecule has 2 N–H and O–H groups in total. The summed E-state index contributed by atoms with van der Waals surface area (Å²) in [5.41, 5.74) is 5.45. The molecule has 16 heavy (non-hydrogen) atoms. The Morgan fingerprint density at radius 2 is 2.38 bits per heavy atom. The van der Waals surface area contributed by atoms with Crippen LogP contribution in [0.4, 0.5) is 16.3 Å². The quantitative estimate of drug-likeness (QED) is 0.767. The Balaban J connectivity index is 2.07. The van der Waals surface area contributed by atoms with E-state index in [4.69, 9.17) is 10.5 Å². The lowest BCUT2D eigenvalue weighted by atomic mass is 10.1. The molecule has 0 spiro atoms. The van der Waals surface area contributed by atoms with Crippen molar-refractivity contribution in [2.45, 2.75) is 18.7 Å². The molecule has 7 heteroatoms. The number of halogens is 1. The molecule has 1 fully saturated rings. The third-order valence-electron chi connectivity index (χ3n) is 2.65. The topological polar surface area (TPSA) is 77.2 Å². The first-order chi connectivity index (χ1) is 7.70. The Morgan fingerprint density at radius 1 is 1.56 bits per heavy atom. The lowest BCUT2D eigenvalue weighted by Crippen LogP contribution is -2.46. The highest BCUT2D eigenvalue weighted by Gasteiger charge is 2.30. The number of ether oxygens (including phenoxy) is 1. The Bertz CT molecular complexity index is 364. The number of nitrogens with zero attached hydrogens (tertiary/aromatic N) is 4. The lowest BCUT2D eigenvalue weighted by molar-refractivity contribution is 0.0194. The maximum atomic E-state index is 13.6. The number of rotatable bonds is 2. The molecule has 2 atom stereocenters. The van der Waals surface area contributed by atoms with Gasteiger partial charge in [0.25, 0.3) is 0 Å². The van der Waals surface area contributed by atoms with Crippen LogP contribution < -0.4 is 10.6 Å². The van der Waals surface area contributed by atoms with E-state index < -0.39 is 6.17 Å². The zero-order chi connectivity index (χ0) is 11.5. The zero-order valence-electron chi connectivity index (χ0n) is 9.01. The summed E-state index contributed by atoms with van der Waals surface area (Å²) in [5.74, 6) is 0.568. The second kappa shape index (κ2) is 4.56. The fourth-order valence-corrected chi connectivity index (χ4v) is 1.78. The van der Waals surface area contributed by atoms with Crippen molar-refractivity contribution in [3.63, 3.8) is 0 Å². The first-order valence-corrected chi connectivity index (χ1v) is 5.07. The van der Waals surface area contributed by atoms with E-state index in [9.17, 15) is 4.39 Å². The highest BCUT2D eigenvalue weighted by atomic mass is 19.1. The van der Waals surface area contributed by atoms with E-state index in [1.165, 1.54) is 13.4 Å². The summed E-state index contributed by atoms with van der Waals surface area (Å²) in [6.07, 6.45) is 0.573. The molecule has 1 saturated heterocycles. The fourth-order valence-electron chi connectivity index (χ4n) is 1.78. The third kappa shape index (κ3) is 2.19. The largest absolute Gasteiger partial charge is 0.378 e. The van der Waals surface area contributed by atoms with Crippen LogP contribution >= 0.6 is 0 Å². The van der Waals surface area contributed by atoms with Crippen LogP contribution in [0.15, 0.2) is 6.33 Å². The van der Waals surface area contributed by atoms with Gasteiger partial charge in [-0.3, -0.25) is 0 Å². The van der Waals surface area contributed by atoms with Gasteiger partial charge in [0.15, 0.2) is 0 Å². The molecule has 1 aromatic rings. The second-order valence-corrected chi connectivity index (χ2v) is 3.67. The van der Waals surface area contributed by atoms with E-state index in [1.807, 2.05) is 0 Å². The molecule has 0 saturated carbocycles. The monoisotopic (exact) mass is 227 g/mol. The molecule has 0 amide bonds. The third-order valence-corrected chi connectivity index (χ3v) is 2.65. The van der Waals surface area contributed by atoms with Gasteiger partial charge in [0.1, 0.15) is 12.5 Å². The van der Waals surface area contributed by atoms with Gasteiger partial charge in [0.05, 0.1) is 12.6 Å². The predicted octanol–water partition coefficient (Wildman–Crippen LogP) is 0.0170. The molecule has 0 bridgehead atoms. The smallest absolute Gasteiger partial charge is 0.230 e. The molecule has 6 nitrogen and oxygen atoms in total. The number of anilines is 2. The summed E-state index contributed by atoms with van der Waals surface area (Å²) in [5, 5.41) is 0. The summed E-state index contributed by atoms with van der Waals surface area (Å²) in [7, 11) is 1.52. The number of hydrogen-bond donors (Lipinski definition) is 1. The molecule has 1 aromatic heterocycles. The number of aromatic nitrogens is 3. The van der Waals surface area contributed by atoms with Gasteiger partial charge in [-0.15, -0.1) is 0 Å². The fraction of sp³-hybridized carbons (Fsp3) is 0.667. The highest BCUT2D eigenvalue weighted by Crippen LogP contribution is 2.20. The number of alkyl halides is 1. The summed E-state index contributed by atoms with van der Waals surface area (Å²) in [6.45, 7) is 0.879. The molecule has 0 unspecified atom stereocenters. The van der Waals surface area contributed by atoms with Crippen LogP contribution in [-0.4, -0.2) is 47.4 Å². The molecule has 1 aliphatic rings. The van der Waals surface area contributed by atoms with Crippen molar-refractivity contribution >= 4 is 11.9 Å². The zero-order valence-corrected chi connectivity index (χ0v) is 9.01. The standard InChI is InChI=1S/C9H14FN5O/c1-16-7-2-3-15(4-6(7)10)9-13-5-12-8(11)14-9/h5-7H,2-4H2,1H3,(H2,11,12,13,14)/t6-,7+/m1/s1. The van der Waals surface area contributed by atoms with E-state index >= 15 is 0 Å². The SMILES string of the molecule is CO[C@H]1CCN(c2ncnc(N)n2)C[C@H]1F. The van der Waals surface area contributed by atoms with Gasteiger partial charge in [0.2, 0.25) is 11.9 Å². The molecule has 1 aliphatic heterocycles. The molecule has 88 valence electrons. The Labute approximate surface area is 92.7 Å². The van der Waals surface area contributed by atoms with E-state index in [0.717, 1.165) is 0 Å². The molecule has 0 aliphatic carbocycles. The van der Waals surface area contributed by atoms with E-state index in [2.05, 4.69) is 15.0 Å². The van der Waals surface area contributed by atoms with Crippen LogP contribution in [0.1, 0.15) is 6.42 Å². The van der Waals surface area contributed by atoms with Gasteiger partial charge in [-0.25, -0.2) is 14.4 Å². The van der Waals surface area contributed by atoms with E-state index in [1.54, 1.807) is 4.90 Å². The maximum Gasteiger partial charge on any atom is 0.230 e. The van der Waals surface area contributed by atoms with Crippen molar-refractivity contribution in [2.75, 3.05) is 30.8 Å². The Hall–Kier alpha value is -1.50. The van der Waals surface area contributed by atoms with Crippen molar-refractivity contribution in [2.24, 2.45) is 0 Å². The van der Waals surface area contributed by atoms with Crippen LogP contribution in [0.5, 0.6) is 0 Å². The van der Waals surface area contributed by atoms with Gasteiger partial charge in [0, 0.05) is 13.7 Å². The number of hydrogen-bond acceptors (Lipinski definition) is 6. The van der Waals surface area contributed by atoms with Crippen LogP contribution in [0.3, 0.4) is 0 Å². The van der Waals surface area contributed by atoms with E-state index in [-0.39, 0.29) is 18.6 Å². The first-order valence-electron chi connectivity index (χ1n) is 5.07. The molecule has 2 rings (SSSR count). The van der Waals surface area contributed by atoms with Gasteiger partial charge < -0.3 is 15.4 Å². The predicted molar refractivity (Wildman–Crippen MR) is 56.8 cm³/mol. The minimum atomic E-state index is -1.03. The summed E-state index contributed by atoms with van der Waals surface area (Å²) >= 11 is 0. The minimum Gasteiger partial charge on any atom is -0.378 e. The van der Waals surface area contributed by atoms with Crippen LogP contribution in [-0.2, 0) is 4.74 Å². The molecule has 2 heterocycles. The summed E-state index contributed by atoms with van der Waals surface area (Å²) in [6, 6.07) is 0. The Morgan fingerprint density at radius 3 is 3.00 bits per heavy atom. The number of piperidine rings is 1. The highest BCUT2D eigenvalue weighted by molar-refractivity contribution is 5.34. The average molecular weight is 227 g/mol. The first kappa shape index (κ1) is 11.0. The number of methoxy groups -OCH3 is 1.